The normalized spacial score (nSPS) is 18.2. The van der Waals surface area contributed by atoms with Crippen molar-refractivity contribution in [2.24, 2.45) is 5.73 Å². The minimum atomic E-state index is -0.173. The minimum absolute atomic E-state index is 0.0197. The van der Waals surface area contributed by atoms with E-state index in [0.717, 1.165) is 13.0 Å². The molecule has 1 aromatic rings. The van der Waals surface area contributed by atoms with E-state index in [1.165, 1.54) is 31.2 Å². The molecule has 0 bridgehead atoms. The van der Waals surface area contributed by atoms with E-state index in [0.29, 0.717) is 12.6 Å². The molecule has 0 spiro atoms. The summed E-state index contributed by atoms with van der Waals surface area (Å²) in [6, 6.07) is 7.55. The first kappa shape index (κ1) is 15.5. The lowest BCUT2D eigenvalue weighted by Gasteiger charge is -2.41. The molecule has 0 aliphatic heterocycles. The molecule has 2 rings (SSSR count). The molecule has 1 unspecified atom stereocenters. The van der Waals surface area contributed by atoms with Gasteiger partial charge in [0.15, 0.2) is 0 Å². The summed E-state index contributed by atoms with van der Waals surface area (Å²) in [5, 5.41) is 0. The molecule has 112 valence electrons. The van der Waals surface area contributed by atoms with Gasteiger partial charge < -0.3 is 5.73 Å². The molecule has 3 heteroatoms. The van der Waals surface area contributed by atoms with Gasteiger partial charge in [-0.3, -0.25) is 4.90 Å². The van der Waals surface area contributed by atoms with Crippen LogP contribution in [0.2, 0.25) is 0 Å². The maximum Gasteiger partial charge on any atom is 0.123 e. The van der Waals surface area contributed by atoms with Gasteiger partial charge in [0, 0.05) is 18.1 Å². The summed E-state index contributed by atoms with van der Waals surface area (Å²) >= 11 is 0. The third kappa shape index (κ3) is 3.80. The highest BCUT2D eigenvalue weighted by atomic mass is 19.1. The first-order valence-electron chi connectivity index (χ1n) is 7.80. The molecule has 1 atom stereocenters. The SMILES string of the molecule is CCCCN(C1CC1)C(C)(CN)Cc1ccc(F)cc1. The molecule has 2 N–H and O–H groups in total. The first-order valence-corrected chi connectivity index (χ1v) is 7.80. The minimum Gasteiger partial charge on any atom is -0.329 e. The fourth-order valence-electron chi connectivity index (χ4n) is 2.94. The zero-order valence-electron chi connectivity index (χ0n) is 12.7. The topological polar surface area (TPSA) is 29.3 Å². The Hall–Kier alpha value is -0.930. The van der Waals surface area contributed by atoms with Crippen LogP contribution in [0.5, 0.6) is 0 Å². The molecule has 0 aromatic heterocycles. The fourth-order valence-corrected chi connectivity index (χ4v) is 2.94. The van der Waals surface area contributed by atoms with Crippen LogP contribution in [-0.2, 0) is 6.42 Å². The summed E-state index contributed by atoms with van der Waals surface area (Å²) in [5.74, 6) is -0.173. The van der Waals surface area contributed by atoms with Crippen LogP contribution in [0.3, 0.4) is 0 Å². The van der Waals surface area contributed by atoms with E-state index in [1.807, 2.05) is 12.1 Å². The van der Waals surface area contributed by atoms with Gasteiger partial charge >= 0.3 is 0 Å². The van der Waals surface area contributed by atoms with Gasteiger partial charge in [0.05, 0.1) is 0 Å². The van der Waals surface area contributed by atoms with Crippen molar-refractivity contribution >= 4 is 0 Å². The molecular formula is C17H27FN2. The number of hydrogen-bond acceptors (Lipinski definition) is 2. The molecule has 0 saturated heterocycles. The Morgan fingerprint density at radius 2 is 1.95 bits per heavy atom. The summed E-state index contributed by atoms with van der Waals surface area (Å²) in [4.78, 5) is 2.60. The van der Waals surface area contributed by atoms with Crippen LogP contribution in [0.1, 0.15) is 45.1 Å². The molecule has 1 aliphatic rings. The van der Waals surface area contributed by atoms with E-state index < -0.39 is 0 Å². The maximum atomic E-state index is 13.0. The van der Waals surface area contributed by atoms with E-state index >= 15 is 0 Å². The van der Waals surface area contributed by atoms with Crippen LogP contribution in [-0.4, -0.2) is 29.6 Å². The Kier molecular flexibility index (Phi) is 5.17. The third-order valence-corrected chi connectivity index (χ3v) is 4.37. The van der Waals surface area contributed by atoms with E-state index in [4.69, 9.17) is 5.73 Å². The zero-order valence-corrected chi connectivity index (χ0v) is 12.7. The summed E-state index contributed by atoms with van der Waals surface area (Å²) in [6.45, 7) is 6.25. The smallest absolute Gasteiger partial charge is 0.123 e. The van der Waals surface area contributed by atoms with Crippen molar-refractivity contribution in [3.8, 4) is 0 Å². The van der Waals surface area contributed by atoms with Crippen LogP contribution in [0, 0.1) is 5.82 Å². The number of nitrogens with two attached hydrogens (primary N) is 1. The zero-order chi connectivity index (χ0) is 14.6. The van der Waals surface area contributed by atoms with Crippen LogP contribution >= 0.6 is 0 Å². The summed E-state index contributed by atoms with van der Waals surface area (Å²) < 4.78 is 13.0. The largest absolute Gasteiger partial charge is 0.329 e. The van der Waals surface area contributed by atoms with Crippen molar-refractivity contribution in [1.82, 2.24) is 4.90 Å². The highest BCUT2D eigenvalue weighted by molar-refractivity contribution is 5.19. The second-order valence-corrected chi connectivity index (χ2v) is 6.28. The lowest BCUT2D eigenvalue weighted by molar-refractivity contribution is 0.0985. The molecule has 2 nitrogen and oxygen atoms in total. The molecule has 1 saturated carbocycles. The van der Waals surface area contributed by atoms with Crippen molar-refractivity contribution in [3.63, 3.8) is 0 Å². The van der Waals surface area contributed by atoms with Crippen LogP contribution in [0.4, 0.5) is 4.39 Å². The monoisotopic (exact) mass is 278 g/mol. The fraction of sp³-hybridized carbons (Fsp3) is 0.647. The van der Waals surface area contributed by atoms with Crippen LogP contribution < -0.4 is 5.73 Å². The highest BCUT2D eigenvalue weighted by Gasteiger charge is 2.39. The van der Waals surface area contributed by atoms with E-state index in [2.05, 4.69) is 18.7 Å². The second kappa shape index (κ2) is 6.68. The third-order valence-electron chi connectivity index (χ3n) is 4.37. The van der Waals surface area contributed by atoms with Crippen molar-refractivity contribution < 1.29 is 4.39 Å². The predicted molar refractivity (Wildman–Crippen MR) is 82.2 cm³/mol. The molecule has 1 fully saturated rings. The van der Waals surface area contributed by atoms with Gasteiger partial charge in [0.2, 0.25) is 0 Å². The first-order chi connectivity index (χ1) is 9.59. The summed E-state index contributed by atoms with van der Waals surface area (Å²) in [7, 11) is 0. The van der Waals surface area contributed by atoms with Crippen molar-refractivity contribution in [3.05, 3.63) is 35.6 Å². The summed E-state index contributed by atoms with van der Waals surface area (Å²) in [5.41, 5.74) is 7.26. The van der Waals surface area contributed by atoms with Gasteiger partial charge in [-0.05, 0) is 56.8 Å². The molecule has 0 amide bonds. The van der Waals surface area contributed by atoms with Crippen molar-refractivity contribution in [2.75, 3.05) is 13.1 Å². The number of rotatable bonds is 8. The van der Waals surface area contributed by atoms with Gasteiger partial charge in [-0.25, -0.2) is 4.39 Å². The van der Waals surface area contributed by atoms with Crippen molar-refractivity contribution in [1.29, 1.82) is 0 Å². The summed E-state index contributed by atoms with van der Waals surface area (Å²) in [6.07, 6.45) is 5.91. The quantitative estimate of drug-likeness (QED) is 0.790. The maximum absolute atomic E-state index is 13.0. The molecule has 1 aliphatic carbocycles. The van der Waals surface area contributed by atoms with Gasteiger partial charge in [0.25, 0.3) is 0 Å². The Balaban J connectivity index is 2.10. The molecule has 0 radical (unpaired) electrons. The molecule has 0 heterocycles. The Morgan fingerprint density at radius 3 is 2.45 bits per heavy atom. The van der Waals surface area contributed by atoms with Crippen LogP contribution in [0.25, 0.3) is 0 Å². The number of benzene rings is 1. The molecular weight excluding hydrogens is 251 g/mol. The lowest BCUT2D eigenvalue weighted by atomic mass is 9.90. The van der Waals surface area contributed by atoms with Gasteiger partial charge in [-0.1, -0.05) is 25.5 Å². The van der Waals surface area contributed by atoms with Crippen molar-refractivity contribution in [2.45, 2.75) is 57.5 Å². The Bertz CT molecular complexity index is 414. The number of nitrogens with zero attached hydrogens (tertiary/aromatic N) is 1. The van der Waals surface area contributed by atoms with Gasteiger partial charge in [0.1, 0.15) is 5.82 Å². The number of hydrogen-bond donors (Lipinski definition) is 1. The van der Waals surface area contributed by atoms with E-state index in [1.54, 1.807) is 12.1 Å². The predicted octanol–water partition coefficient (Wildman–Crippen LogP) is 3.35. The Morgan fingerprint density at radius 1 is 1.30 bits per heavy atom. The average Bonchev–Trinajstić information content (AvgIpc) is 3.26. The number of unbranched alkanes of at least 4 members (excludes halogenated alkanes) is 1. The standard InChI is InChI=1S/C17H27FN2/c1-3-4-11-20(16-9-10-16)17(2,13-19)12-14-5-7-15(18)8-6-14/h5-8,16H,3-4,9-13,19H2,1-2H3. The molecule has 20 heavy (non-hydrogen) atoms. The molecule has 1 aromatic carbocycles. The van der Waals surface area contributed by atoms with E-state index in [-0.39, 0.29) is 11.4 Å². The van der Waals surface area contributed by atoms with Crippen LogP contribution in [0.15, 0.2) is 24.3 Å². The second-order valence-electron chi connectivity index (χ2n) is 6.28. The number of halogens is 1. The van der Waals surface area contributed by atoms with Gasteiger partial charge in [-0.15, -0.1) is 0 Å². The average molecular weight is 278 g/mol. The van der Waals surface area contributed by atoms with E-state index in [9.17, 15) is 4.39 Å². The highest BCUT2D eigenvalue weighted by Crippen LogP contribution is 2.34. The Labute approximate surface area is 122 Å². The van der Waals surface area contributed by atoms with Gasteiger partial charge in [-0.2, -0.15) is 0 Å². The lowest BCUT2D eigenvalue weighted by Crippen LogP contribution is -2.54.